The van der Waals surface area contributed by atoms with E-state index in [9.17, 15) is 0 Å². The molecule has 2 fully saturated rings. The molecule has 0 bridgehead atoms. The van der Waals surface area contributed by atoms with E-state index in [1.807, 2.05) is 24.3 Å². The molecule has 0 radical (unpaired) electrons. The van der Waals surface area contributed by atoms with Gasteiger partial charge in [-0.2, -0.15) is 0 Å². The van der Waals surface area contributed by atoms with E-state index in [1.165, 1.54) is 25.7 Å². The van der Waals surface area contributed by atoms with Crippen LogP contribution in [0.25, 0.3) is 0 Å². The molecule has 1 saturated carbocycles. The summed E-state index contributed by atoms with van der Waals surface area (Å²) in [5.74, 6) is 2.09. The van der Waals surface area contributed by atoms with Crippen molar-refractivity contribution in [2.24, 2.45) is 17.8 Å². The van der Waals surface area contributed by atoms with Gasteiger partial charge < -0.3 is 9.47 Å². The average Bonchev–Trinajstić information content (AvgIpc) is 2.57. The Hall–Kier alpha value is -0.830. The smallest absolute Gasteiger partial charge is 0.183 e. The molecule has 2 nitrogen and oxygen atoms in total. The lowest BCUT2D eigenvalue weighted by molar-refractivity contribution is -0.214. The van der Waals surface area contributed by atoms with E-state index >= 15 is 0 Å². The van der Waals surface area contributed by atoms with E-state index in [0.717, 1.165) is 35.6 Å². The highest BCUT2D eigenvalue weighted by Gasteiger charge is 2.31. The number of allylic oxidation sites excluding steroid dienone is 2. The minimum atomic E-state index is -0.229. The third-order valence-electron chi connectivity index (χ3n) is 5.01. The van der Waals surface area contributed by atoms with Gasteiger partial charge in [0.2, 0.25) is 0 Å². The van der Waals surface area contributed by atoms with Crippen molar-refractivity contribution in [1.29, 1.82) is 0 Å². The Kier molecular flexibility index (Phi) is 5.56. The molecular weight excluding hydrogens is 296 g/mol. The van der Waals surface area contributed by atoms with Crippen LogP contribution in [0.2, 0.25) is 5.02 Å². The Bertz CT molecular complexity index is 481. The van der Waals surface area contributed by atoms with Gasteiger partial charge in [0.05, 0.1) is 13.2 Å². The summed E-state index contributed by atoms with van der Waals surface area (Å²) in [5.41, 5.74) is 1.06. The molecule has 3 heteroatoms. The van der Waals surface area contributed by atoms with Crippen LogP contribution in [0, 0.1) is 17.8 Å². The van der Waals surface area contributed by atoms with E-state index in [0.29, 0.717) is 5.92 Å². The summed E-state index contributed by atoms with van der Waals surface area (Å²) in [6.07, 6.45) is 9.55. The predicted molar refractivity (Wildman–Crippen MR) is 89.8 cm³/mol. The Morgan fingerprint density at radius 2 is 1.59 bits per heavy atom. The molecule has 1 aromatic rings. The second kappa shape index (κ2) is 7.63. The quantitative estimate of drug-likeness (QED) is 0.696. The number of benzene rings is 1. The lowest BCUT2D eigenvalue weighted by Crippen LogP contribution is -2.34. The molecule has 1 aromatic carbocycles. The third kappa shape index (κ3) is 3.92. The van der Waals surface area contributed by atoms with Gasteiger partial charge in [0.25, 0.3) is 0 Å². The lowest BCUT2D eigenvalue weighted by atomic mass is 9.76. The molecule has 22 heavy (non-hydrogen) atoms. The van der Waals surface area contributed by atoms with Crippen molar-refractivity contribution in [3.05, 3.63) is 47.0 Å². The van der Waals surface area contributed by atoms with Crippen molar-refractivity contribution in [1.82, 2.24) is 0 Å². The fraction of sp³-hybridized carbons (Fsp3) is 0.579. The van der Waals surface area contributed by atoms with Crippen LogP contribution in [0.15, 0.2) is 36.4 Å². The zero-order chi connectivity index (χ0) is 15.4. The Morgan fingerprint density at radius 1 is 0.955 bits per heavy atom. The molecule has 0 unspecified atom stereocenters. The van der Waals surface area contributed by atoms with Crippen molar-refractivity contribution in [3.63, 3.8) is 0 Å². The SMILES string of the molecule is C/C=C/C1CCC(C2COC(c3ccc(Cl)cc3)OC2)CC1. The summed E-state index contributed by atoms with van der Waals surface area (Å²) in [6.45, 7) is 3.74. The fourth-order valence-corrected chi connectivity index (χ4v) is 3.81. The van der Waals surface area contributed by atoms with Gasteiger partial charge in [0.15, 0.2) is 6.29 Å². The number of halogens is 1. The Morgan fingerprint density at radius 3 is 2.18 bits per heavy atom. The zero-order valence-electron chi connectivity index (χ0n) is 13.2. The van der Waals surface area contributed by atoms with Gasteiger partial charge in [-0.15, -0.1) is 0 Å². The van der Waals surface area contributed by atoms with Crippen molar-refractivity contribution >= 4 is 11.6 Å². The van der Waals surface area contributed by atoms with Gasteiger partial charge >= 0.3 is 0 Å². The van der Waals surface area contributed by atoms with Gasteiger partial charge in [0.1, 0.15) is 0 Å². The van der Waals surface area contributed by atoms with Crippen LogP contribution in [-0.4, -0.2) is 13.2 Å². The van der Waals surface area contributed by atoms with Gasteiger partial charge in [0, 0.05) is 16.5 Å². The van der Waals surface area contributed by atoms with Crippen molar-refractivity contribution in [3.8, 4) is 0 Å². The van der Waals surface area contributed by atoms with Crippen molar-refractivity contribution < 1.29 is 9.47 Å². The van der Waals surface area contributed by atoms with Crippen LogP contribution in [0.5, 0.6) is 0 Å². The number of hydrogen-bond donors (Lipinski definition) is 0. The van der Waals surface area contributed by atoms with E-state index in [-0.39, 0.29) is 6.29 Å². The first kappa shape index (κ1) is 16.0. The maximum atomic E-state index is 5.96. The summed E-state index contributed by atoms with van der Waals surface area (Å²) < 4.78 is 11.9. The Labute approximate surface area is 138 Å². The van der Waals surface area contributed by atoms with Gasteiger partial charge in [-0.05, 0) is 56.6 Å². The Balaban J connectivity index is 1.49. The number of rotatable bonds is 3. The highest BCUT2D eigenvalue weighted by molar-refractivity contribution is 6.30. The first-order chi connectivity index (χ1) is 10.8. The van der Waals surface area contributed by atoms with E-state index < -0.39 is 0 Å². The van der Waals surface area contributed by atoms with Crippen molar-refractivity contribution in [2.45, 2.75) is 38.9 Å². The topological polar surface area (TPSA) is 18.5 Å². The van der Waals surface area contributed by atoms with Crippen LogP contribution in [0.4, 0.5) is 0 Å². The predicted octanol–water partition coefficient (Wildman–Crippen LogP) is 5.38. The molecule has 3 rings (SSSR count). The zero-order valence-corrected chi connectivity index (χ0v) is 14.0. The molecule has 0 amide bonds. The van der Waals surface area contributed by atoms with E-state index in [1.54, 1.807) is 0 Å². The second-order valence-corrected chi connectivity index (χ2v) is 6.95. The molecule has 2 aliphatic rings. The van der Waals surface area contributed by atoms with Crippen LogP contribution in [0.1, 0.15) is 44.5 Å². The summed E-state index contributed by atoms with van der Waals surface area (Å²) >= 11 is 5.92. The maximum Gasteiger partial charge on any atom is 0.183 e. The number of hydrogen-bond acceptors (Lipinski definition) is 2. The van der Waals surface area contributed by atoms with Crippen LogP contribution in [0.3, 0.4) is 0 Å². The highest BCUT2D eigenvalue weighted by atomic mass is 35.5. The standard InChI is InChI=1S/C19H25ClO2/c1-2-3-14-4-6-15(7-5-14)17-12-21-19(22-13-17)16-8-10-18(20)11-9-16/h2-3,8-11,14-15,17,19H,4-7,12-13H2,1H3/b3-2+. The first-order valence-corrected chi connectivity index (χ1v) is 8.75. The summed E-state index contributed by atoms with van der Waals surface area (Å²) in [4.78, 5) is 0. The van der Waals surface area contributed by atoms with Gasteiger partial charge in [-0.25, -0.2) is 0 Å². The third-order valence-corrected chi connectivity index (χ3v) is 5.27. The molecule has 1 aliphatic heterocycles. The molecule has 0 atom stereocenters. The monoisotopic (exact) mass is 320 g/mol. The largest absolute Gasteiger partial charge is 0.348 e. The minimum Gasteiger partial charge on any atom is -0.348 e. The summed E-state index contributed by atoms with van der Waals surface area (Å²) in [7, 11) is 0. The van der Waals surface area contributed by atoms with Gasteiger partial charge in [-0.3, -0.25) is 0 Å². The van der Waals surface area contributed by atoms with Crippen molar-refractivity contribution in [2.75, 3.05) is 13.2 Å². The molecule has 0 spiro atoms. The van der Waals surface area contributed by atoms with Crippen LogP contribution in [-0.2, 0) is 9.47 Å². The van der Waals surface area contributed by atoms with E-state index in [2.05, 4.69) is 19.1 Å². The van der Waals surface area contributed by atoms with Crippen LogP contribution >= 0.6 is 11.6 Å². The normalized spacial score (nSPS) is 33.2. The molecule has 120 valence electrons. The molecule has 1 saturated heterocycles. The first-order valence-electron chi connectivity index (χ1n) is 8.37. The minimum absolute atomic E-state index is 0.229. The molecular formula is C19H25ClO2. The molecule has 0 aromatic heterocycles. The fourth-order valence-electron chi connectivity index (χ4n) is 3.68. The maximum absolute atomic E-state index is 5.96. The van der Waals surface area contributed by atoms with E-state index in [4.69, 9.17) is 21.1 Å². The lowest BCUT2D eigenvalue weighted by Gasteiger charge is -2.37. The number of ether oxygens (including phenoxy) is 2. The highest BCUT2D eigenvalue weighted by Crippen LogP contribution is 2.37. The van der Waals surface area contributed by atoms with Gasteiger partial charge in [-0.1, -0.05) is 35.9 Å². The summed E-state index contributed by atoms with van der Waals surface area (Å²) in [6, 6.07) is 7.74. The average molecular weight is 321 g/mol. The van der Waals surface area contributed by atoms with Crippen LogP contribution < -0.4 is 0 Å². The molecule has 0 N–H and O–H groups in total. The summed E-state index contributed by atoms with van der Waals surface area (Å²) in [5, 5.41) is 0.746. The second-order valence-electron chi connectivity index (χ2n) is 6.51. The molecule has 1 aliphatic carbocycles. The molecule has 1 heterocycles.